The highest BCUT2D eigenvalue weighted by atomic mass is 16.2. The Morgan fingerprint density at radius 3 is 3.04 bits per heavy atom. The number of amides is 1. The Balaban J connectivity index is 1.40. The van der Waals surface area contributed by atoms with Gasteiger partial charge in [-0.25, -0.2) is 0 Å². The van der Waals surface area contributed by atoms with Crippen LogP contribution in [0.2, 0.25) is 0 Å². The van der Waals surface area contributed by atoms with E-state index >= 15 is 0 Å². The average molecular weight is 380 g/mol. The molecule has 2 saturated heterocycles. The number of benzene rings is 1. The third-order valence-electron chi connectivity index (χ3n) is 6.10. The third kappa shape index (κ3) is 3.74. The minimum atomic E-state index is 0.182. The SMILES string of the molecule is C/N=C\C1CCCN1C(=O)CN1CC[C@@H](N(C)c2cccc3ncccc23)C1. The van der Waals surface area contributed by atoms with Crippen molar-refractivity contribution in [3.05, 3.63) is 36.5 Å². The number of rotatable bonds is 5. The summed E-state index contributed by atoms with van der Waals surface area (Å²) in [5.41, 5.74) is 2.23. The predicted molar refractivity (Wildman–Crippen MR) is 114 cm³/mol. The average Bonchev–Trinajstić information content (AvgIpc) is 3.37. The topological polar surface area (TPSA) is 52.0 Å². The van der Waals surface area contributed by atoms with Crippen LogP contribution in [0, 0.1) is 0 Å². The number of anilines is 1. The summed E-state index contributed by atoms with van der Waals surface area (Å²) in [6, 6.07) is 11.0. The van der Waals surface area contributed by atoms with E-state index in [1.165, 1.54) is 11.1 Å². The van der Waals surface area contributed by atoms with Gasteiger partial charge in [0.15, 0.2) is 0 Å². The maximum absolute atomic E-state index is 12.8. The van der Waals surface area contributed by atoms with Gasteiger partial charge in [0, 0.05) is 63.3 Å². The van der Waals surface area contributed by atoms with Crippen LogP contribution >= 0.6 is 0 Å². The third-order valence-corrected chi connectivity index (χ3v) is 6.10. The largest absolute Gasteiger partial charge is 0.370 e. The summed E-state index contributed by atoms with van der Waals surface area (Å²) in [4.78, 5) is 28.1. The van der Waals surface area contributed by atoms with Crippen LogP contribution < -0.4 is 4.90 Å². The fourth-order valence-electron chi connectivity index (χ4n) is 4.57. The number of aromatic nitrogens is 1. The highest BCUT2D eigenvalue weighted by Gasteiger charge is 2.32. The second-order valence-corrected chi connectivity index (χ2v) is 7.84. The molecule has 4 rings (SSSR count). The minimum absolute atomic E-state index is 0.182. The first-order valence-corrected chi connectivity index (χ1v) is 10.2. The maximum atomic E-state index is 12.8. The number of aliphatic imine (C=N–C) groups is 1. The van der Waals surface area contributed by atoms with Crippen molar-refractivity contribution in [2.24, 2.45) is 4.99 Å². The van der Waals surface area contributed by atoms with Gasteiger partial charge in [0.1, 0.15) is 0 Å². The van der Waals surface area contributed by atoms with Crippen LogP contribution in [-0.4, -0.2) is 79.3 Å². The normalized spacial score (nSPS) is 23.1. The number of hydrogen-bond donors (Lipinski definition) is 0. The van der Waals surface area contributed by atoms with Crippen LogP contribution in [0.4, 0.5) is 5.69 Å². The van der Waals surface area contributed by atoms with Crippen molar-refractivity contribution >= 4 is 28.7 Å². The predicted octanol–water partition coefficient (Wildman–Crippen LogP) is 2.44. The number of fused-ring (bicyclic) bond motifs is 1. The van der Waals surface area contributed by atoms with E-state index in [0.717, 1.165) is 44.4 Å². The molecule has 2 atom stereocenters. The summed E-state index contributed by atoms with van der Waals surface area (Å²) in [7, 11) is 3.94. The quantitative estimate of drug-likeness (QED) is 0.749. The first-order valence-electron chi connectivity index (χ1n) is 10.2. The summed E-state index contributed by atoms with van der Waals surface area (Å²) in [5.74, 6) is 0.236. The molecule has 1 amide bonds. The zero-order chi connectivity index (χ0) is 19.5. The highest BCUT2D eigenvalue weighted by Crippen LogP contribution is 2.28. The lowest BCUT2D eigenvalue weighted by molar-refractivity contribution is -0.131. The van der Waals surface area contributed by atoms with Crippen molar-refractivity contribution in [2.75, 3.05) is 45.2 Å². The highest BCUT2D eigenvalue weighted by molar-refractivity contribution is 5.91. The molecule has 28 heavy (non-hydrogen) atoms. The number of likely N-dealkylation sites (tertiary alicyclic amines) is 2. The van der Waals surface area contributed by atoms with E-state index in [-0.39, 0.29) is 11.9 Å². The fourth-order valence-corrected chi connectivity index (χ4v) is 4.57. The molecule has 2 fully saturated rings. The van der Waals surface area contributed by atoms with Gasteiger partial charge in [0.25, 0.3) is 0 Å². The van der Waals surface area contributed by atoms with Crippen molar-refractivity contribution in [2.45, 2.75) is 31.3 Å². The number of carbonyl (C=O) groups excluding carboxylic acids is 1. The van der Waals surface area contributed by atoms with E-state index in [2.05, 4.69) is 51.1 Å². The van der Waals surface area contributed by atoms with Crippen LogP contribution in [0.15, 0.2) is 41.5 Å². The molecule has 1 unspecified atom stereocenters. The summed E-state index contributed by atoms with van der Waals surface area (Å²) in [6.07, 6.45) is 6.93. The Hall–Kier alpha value is -2.47. The summed E-state index contributed by atoms with van der Waals surface area (Å²) in [5, 5.41) is 1.18. The molecule has 0 radical (unpaired) electrons. The monoisotopic (exact) mass is 379 g/mol. The molecule has 1 aromatic heterocycles. The molecule has 0 saturated carbocycles. The van der Waals surface area contributed by atoms with Crippen molar-refractivity contribution in [3.63, 3.8) is 0 Å². The molecule has 6 heteroatoms. The molecular formula is C22H29N5O. The van der Waals surface area contributed by atoms with Crippen molar-refractivity contribution in [1.82, 2.24) is 14.8 Å². The number of carbonyl (C=O) groups is 1. The van der Waals surface area contributed by atoms with Crippen molar-refractivity contribution in [3.8, 4) is 0 Å². The second-order valence-electron chi connectivity index (χ2n) is 7.84. The van der Waals surface area contributed by atoms with E-state index in [0.29, 0.717) is 12.6 Å². The Bertz CT molecular complexity index is 862. The van der Waals surface area contributed by atoms with Crippen LogP contribution in [0.1, 0.15) is 19.3 Å². The van der Waals surface area contributed by atoms with Gasteiger partial charge in [-0.15, -0.1) is 0 Å². The van der Waals surface area contributed by atoms with Gasteiger partial charge in [0.2, 0.25) is 5.91 Å². The summed E-state index contributed by atoms with van der Waals surface area (Å²) >= 11 is 0. The standard InChI is InChI=1S/C22H29N5O/c1-23-14-17-6-5-12-27(17)22(28)16-26-13-10-18(15-26)25(2)21-9-3-8-20-19(21)7-4-11-24-20/h3-4,7-9,11,14,17-18H,5-6,10,12-13,15-16H2,1-2H3/b23-14-/t17?,18-/m1/s1. The number of likely N-dealkylation sites (N-methyl/N-ethyl adjacent to an activating group) is 1. The van der Waals surface area contributed by atoms with Gasteiger partial charge in [0.05, 0.1) is 18.1 Å². The van der Waals surface area contributed by atoms with Crippen molar-refractivity contribution in [1.29, 1.82) is 0 Å². The van der Waals surface area contributed by atoms with Crippen LogP contribution in [-0.2, 0) is 4.79 Å². The maximum Gasteiger partial charge on any atom is 0.237 e. The fraction of sp³-hybridized carbons (Fsp3) is 0.500. The van der Waals surface area contributed by atoms with Crippen LogP contribution in [0.5, 0.6) is 0 Å². The second kappa shape index (κ2) is 8.27. The lowest BCUT2D eigenvalue weighted by Gasteiger charge is -2.29. The van der Waals surface area contributed by atoms with Gasteiger partial charge in [-0.1, -0.05) is 6.07 Å². The number of pyridine rings is 1. The van der Waals surface area contributed by atoms with Gasteiger partial charge in [-0.3, -0.25) is 19.7 Å². The van der Waals surface area contributed by atoms with Crippen LogP contribution in [0.3, 0.4) is 0 Å². The minimum Gasteiger partial charge on any atom is -0.370 e. The molecule has 1 aromatic carbocycles. The summed E-state index contributed by atoms with van der Waals surface area (Å²) < 4.78 is 0. The Labute approximate surface area is 166 Å². The molecule has 2 aliphatic heterocycles. The van der Waals surface area contributed by atoms with E-state index in [9.17, 15) is 4.79 Å². The summed E-state index contributed by atoms with van der Waals surface area (Å²) in [6.45, 7) is 3.24. The van der Waals surface area contributed by atoms with Gasteiger partial charge < -0.3 is 9.80 Å². The number of hydrogen-bond acceptors (Lipinski definition) is 5. The molecule has 6 nitrogen and oxygen atoms in total. The molecule has 2 aromatic rings. The molecule has 2 aliphatic rings. The Morgan fingerprint density at radius 1 is 1.29 bits per heavy atom. The van der Waals surface area contributed by atoms with E-state index in [1.54, 1.807) is 7.05 Å². The molecular weight excluding hydrogens is 350 g/mol. The lowest BCUT2D eigenvalue weighted by Crippen LogP contribution is -2.43. The Morgan fingerprint density at radius 2 is 2.18 bits per heavy atom. The lowest BCUT2D eigenvalue weighted by atomic mass is 10.1. The van der Waals surface area contributed by atoms with Crippen molar-refractivity contribution < 1.29 is 4.79 Å². The van der Waals surface area contributed by atoms with E-state index in [1.807, 2.05) is 23.4 Å². The van der Waals surface area contributed by atoms with Crippen LogP contribution in [0.25, 0.3) is 10.9 Å². The van der Waals surface area contributed by atoms with E-state index < -0.39 is 0 Å². The van der Waals surface area contributed by atoms with Gasteiger partial charge in [-0.05, 0) is 43.5 Å². The first kappa shape index (κ1) is 18.9. The molecule has 0 bridgehead atoms. The molecule has 0 spiro atoms. The molecule has 0 aliphatic carbocycles. The number of nitrogens with zero attached hydrogens (tertiary/aromatic N) is 5. The van der Waals surface area contributed by atoms with Gasteiger partial charge >= 0.3 is 0 Å². The zero-order valence-electron chi connectivity index (χ0n) is 16.8. The van der Waals surface area contributed by atoms with E-state index in [4.69, 9.17) is 0 Å². The first-order chi connectivity index (χ1) is 13.7. The molecule has 148 valence electrons. The molecule has 3 heterocycles. The van der Waals surface area contributed by atoms with Gasteiger partial charge in [-0.2, -0.15) is 0 Å². The Kier molecular flexibility index (Phi) is 5.57. The zero-order valence-corrected chi connectivity index (χ0v) is 16.8. The smallest absolute Gasteiger partial charge is 0.237 e. The molecule has 0 N–H and O–H groups in total.